The minimum Gasteiger partial charge on any atom is -0.358 e. The Bertz CT molecular complexity index is 330. The third-order valence-electron chi connectivity index (χ3n) is 3.45. The van der Waals surface area contributed by atoms with Crippen LogP contribution in [0.25, 0.3) is 0 Å². The van der Waals surface area contributed by atoms with Crippen LogP contribution in [0.3, 0.4) is 0 Å². The van der Waals surface area contributed by atoms with E-state index in [0.717, 1.165) is 24.0 Å². The van der Waals surface area contributed by atoms with Crippen LogP contribution in [0.4, 0.5) is 5.82 Å². The van der Waals surface area contributed by atoms with Gasteiger partial charge in [-0.2, -0.15) is 5.10 Å². The number of nitrogens with one attached hydrogen (secondary N) is 1. The van der Waals surface area contributed by atoms with E-state index in [-0.39, 0.29) is 0 Å². The second kappa shape index (κ2) is 5.96. The second-order valence-corrected chi connectivity index (χ2v) is 4.96. The van der Waals surface area contributed by atoms with Crippen molar-refractivity contribution in [3.8, 4) is 0 Å². The van der Waals surface area contributed by atoms with Crippen molar-refractivity contribution in [2.45, 2.75) is 26.2 Å². The van der Waals surface area contributed by atoms with E-state index in [9.17, 15) is 0 Å². The summed E-state index contributed by atoms with van der Waals surface area (Å²) in [5.41, 5.74) is 0.971. The number of anilines is 1. The Labute approximate surface area is 103 Å². The summed E-state index contributed by atoms with van der Waals surface area (Å²) in [6.07, 6.45) is 3.91. The number of aromatic nitrogens is 2. The molecule has 1 atom stereocenters. The Balaban J connectivity index is 1.80. The van der Waals surface area contributed by atoms with Crippen LogP contribution in [-0.2, 0) is 0 Å². The molecule has 0 aromatic carbocycles. The number of rotatable bonds is 4. The molecule has 0 spiro atoms. The van der Waals surface area contributed by atoms with Gasteiger partial charge in [0.1, 0.15) is 0 Å². The van der Waals surface area contributed by atoms with Gasteiger partial charge in [-0.05, 0) is 57.3 Å². The summed E-state index contributed by atoms with van der Waals surface area (Å²) >= 11 is 0. The van der Waals surface area contributed by atoms with Gasteiger partial charge in [0.15, 0.2) is 5.82 Å². The number of aryl methyl sites for hydroxylation is 1. The van der Waals surface area contributed by atoms with Crippen molar-refractivity contribution in [2.24, 2.45) is 5.92 Å². The lowest BCUT2D eigenvalue weighted by atomic mass is 9.96. The maximum atomic E-state index is 4.20. The first-order valence-corrected chi connectivity index (χ1v) is 6.48. The molecule has 1 aliphatic heterocycles. The quantitative estimate of drug-likeness (QED) is 0.859. The zero-order valence-electron chi connectivity index (χ0n) is 10.8. The fourth-order valence-corrected chi connectivity index (χ4v) is 2.26. The van der Waals surface area contributed by atoms with E-state index < -0.39 is 0 Å². The molecular formula is C13H22N4. The van der Waals surface area contributed by atoms with E-state index in [2.05, 4.69) is 27.5 Å². The highest BCUT2D eigenvalue weighted by Crippen LogP contribution is 2.16. The summed E-state index contributed by atoms with van der Waals surface area (Å²) in [7, 11) is 2.09. The molecule has 1 aliphatic rings. The largest absolute Gasteiger partial charge is 0.358 e. The van der Waals surface area contributed by atoms with Crippen LogP contribution in [0.5, 0.6) is 0 Å². The number of hydrogen-bond acceptors (Lipinski definition) is 4. The maximum Gasteiger partial charge on any atom is 0.150 e. The highest BCUT2D eigenvalue weighted by molar-refractivity contribution is 5.35. The van der Waals surface area contributed by atoms with Crippen LogP contribution >= 0.6 is 0 Å². The molecule has 4 heteroatoms. The van der Waals surface area contributed by atoms with E-state index in [1.54, 1.807) is 0 Å². The average Bonchev–Trinajstić information content (AvgIpc) is 2.38. The van der Waals surface area contributed by atoms with Crippen LogP contribution in [0.2, 0.25) is 0 Å². The molecule has 1 aromatic heterocycles. The first-order valence-electron chi connectivity index (χ1n) is 6.48. The molecule has 1 N–H and O–H groups in total. The highest BCUT2D eigenvalue weighted by Gasteiger charge is 2.13. The van der Waals surface area contributed by atoms with Crippen LogP contribution in [0.1, 0.15) is 25.0 Å². The molecular weight excluding hydrogens is 212 g/mol. The standard InChI is InChI=1S/C13H22N4/c1-11-5-6-13(16-15-11)17(2)9-7-12-4-3-8-14-10-12/h5-6,12,14H,3-4,7-10H2,1-2H3. The summed E-state index contributed by atoms with van der Waals surface area (Å²) in [6, 6.07) is 4.06. The minimum atomic E-state index is 0.824. The molecule has 17 heavy (non-hydrogen) atoms. The summed E-state index contributed by atoms with van der Waals surface area (Å²) in [5.74, 6) is 1.80. The van der Waals surface area contributed by atoms with Crippen molar-refractivity contribution >= 4 is 5.82 Å². The predicted molar refractivity (Wildman–Crippen MR) is 70.2 cm³/mol. The smallest absolute Gasteiger partial charge is 0.150 e. The Hall–Kier alpha value is -1.16. The van der Waals surface area contributed by atoms with Gasteiger partial charge >= 0.3 is 0 Å². The highest BCUT2D eigenvalue weighted by atomic mass is 15.2. The topological polar surface area (TPSA) is 41.0 Å². The minimum absolute atomic E-state index is 0.824. The first-order chi connectivity index (χ1) is 8.25. The molecule has 0 saturated carbocycles. The van der Waals surface area contributed by atoms with Crippen LogP contribution in [0.15, 0.2) is 12.1 Å². The van der Waals surface area contributed by atoms with E-state index in [4.69, 9.17) is 0 Å². The zero-order valence-corrected chi connectivity index (χ0v) is 10.8. The van der Waals surface area contributed by atoms with Gasteiger partial charge in [-0.15, -0.1) is 5.10 Å². The molecule has 94 valence electrons. The Kier molecular flexibility index (Phi) is 4.31. The van der Waals surface area contributed by atoms with E-state index in [0.29, 0.717) is 0 Å². The lowest BCUT2D eigenvalue weighted by Gasteiger charge is -2.25. The average molecular weight is 234 g/mol. The van der Waals surface area contributed by atoms with Gasteiger partial charge in [-0.3, -0.25) is 0 Å². The third kappa shape index (κ3) is 3.66. The van der Waals surface area contributed by atoms with Crippen molar-refractivity contribution in [2.75, 3.05) is 31.6 Å². The normalized spacial score (nSPS) is 20.2. The molecule has 0 radical (unpaired) electrons. The summed E-state index contributed by atoms with van der Waals surface area (Å²) in [4.78, 5) is 2.20. The predicted octanol–water partition coefficient (Wildman–Crippen LogP) is 1.61. The van der Waals surface area contributed by atoms with Crippen molar-refractivity contribution in [1.29, 1.82) is 0 Å². The lowest BCUT2D eigenvalue weighted by molar-refractivity contribution is 0.360. The molecule has 4 nitrogen and oxygen atoms in total. The van der Waals surface area contributed by atoms with Gasteiger partial charge in [0.2, 0.25) is 0 Å². The van der Waals surface area contributed by atoms with Crippen molar-refractivity contribution in [3.63, 3.8) is 0 Å². The van der Waals surface area contributed by atoms with E-state index in [1.165, 1.54) is 32.4 Å². The van der Waals surface area contributed by atoms with Crippen LogP contribution in [-0.4, -0.2) is 36.9 Å². The zero-order chi connectivity index (χ0) is 12.1. The Morgan fingerprint density at radius 2 is 2.29 bits per heavy atom. The lowest BCUT2D eigenvalue weighted by Crippen LogP contribution is -2.32. The molecule has 1 fully saturated rings. The first kappa shape index (κ1) is 12.3. The van der Waals surface area contributed by atoms with Crippen LogP contribution in [0, 0.1) is 12.8 Å². The molecule has 1 saturated heterocycles. The number of nitrogens with zero attached hydrogens (tertiary/aromatic N) is 3. The van der Waals surface area contributed by atoms with Gasteiger partial charge in [-0.25, -0.2) is 0 Å². The van der Waals surface area contributed by atoms with Gasteiger partial charge in [0.25, 0.3) is 0 Å². The SMILES string of the molecule is Cc1ccc(N(C)CCC2CCCNC2)nn1. The number of piperidine rings is 1. The van der Waals surface area contributed by atoms with Crippen molar-refractivity contribution in [3.05, 3.63) is 17.8 Å². The Morgan fingerprint density at radius 1 is 1.41 bits per heavy atom. The molecule has 1 aromatic rings. The summed E-state index contributed by atoms with van der Waals surface area (Å²) < 4.78 is 0. The summed E-state index contributed by atoms with van der Waals surface area (Å²) in [5, 5.41) is 11.8. The molecule has 2 heterocycles. The van der Waals surface area contributed by atoms with Gasteiger partial charge < -0.3 is 10.2 Å². The van der Waals surface area contributed by atoms with Crippen molar-refractivity contribution < 1.29 is 0 Å². The number of hydrogen-bond donors (Lipinski definition) is 1. The van der Waals surface area contributed by atoms with Gasteiger partial charge in [0.05, 0.1) is 5.69 Å². The Morgan fingerprint density at radius 3 is 2.94 bits per heavy atom. The molecule has 2 rings (SSSR count). The monoisotopic (exact) mass is 234 g/mol. The van der Waals surface area contributed by atoms with Crippen molar-refractivity contribution in [1.82, 2.24) is 15.5 Å². The summed E-state index contributed by atoms with van der Waals surface area (Å²) in [6.45, 7) is 5.39. The van der Waals surface area contributed by atoms with E-state index in [1.807, 2.05) is 19.1 Å². The maximum absolute atomic E-state index is 4.20. The third-order valence-corrected chi connectivity index (χ3v) is 3.45. The molecule has 0 aliphatic carbocycles. The van der Waals surface area contributed by atoms with Crippen LogP contribution < -0.4 is 10.2 Å². The molecule has 0 bridgehead atoms. The van der Waals surface area contributed by atoms with Gasteiger partial charge in [-0.1, -0.05) is 0 Å². The fourth-order valence-electron chi connectivity index (χ4n) is 2.26. The molecule has 1 unspecified atom stereocenters. The molecule has 0 amide bonds. The second-order valence-electron chi connectivity index (χ2n) is 4.96. The van der Waals surface area contributed by atoms with E-state index >= 15 is 0 Å². The fraction of sp³-hybridized carbons (Fsp3) is 0.692. The van der Waals surface area contributed by atoms with Gasteiger partial charge in [0, 0.05) is 13.6 Å².